The van der Waals surface area contributed by atoms with E-state index in [1.54, 1.807) is 0 Å². The number of allylic oxidation sites excluding steroid dienone is 22. The summed E-state index contributed by atoms with van der Waals surface area (Å²) in [7, 11) is 0. The smallest absolute Gasteiger partial charge is 0.306 e. The van der Waals surface area contributed by atoms with Gasteiger partial charge in [0.15, 0.2) is 6.10 Å². The summed E-state index contributed by atoms with van der Waals surface area (Å²) in [6.45, 7) is 6.39. The minimum absolute atomic E-state index is 0.0874. The quantitative estimate of drug-likeness (QED) is 0.0261. The molecular weight excluding hydrogens is 961 g/mol. The van der Waals surface area contributed by atoms with Crippen molar-refractivity contribution in [3.8, 4) is 0 Å². The van der Waals surface area contributed by atoms with E-state index in [0.29, 0.717) is 19.3 Å². The van der Waals surface area contributed by atoms with Gasteiger partial charge in [0, 0.05) is 19.3 Å². The molecule has 6 heteroatoms. The maximum absolute atomic E-state index is 12.9. The van der Waals surface area contributed by atoms with Crippen molar-refractivity contribution >= 4 is 17.9 Å². The summed E-state index contributed by atoms with van der Waals surface area (Å²) in [5.74, 6) is -0.910. The maximum atomic E-state index is 12.9. The number of ether oxygens (including phenoxy) is 3. The molecule has 0 bridgehead atoms. The van der Waals surface area contributed by atoms with Gasteiger partial charge in [-0.3, -0.25) is 14.4 Å². The molecule has 0 saturated heterocycles. The van der Waals surface area contributed by atoms with Crippen LogP contribution < -0.4 is 0 Å². The summed E-state index contributed by atoms with van der Waals surface area (Å²) in [4.78, 5) is 38.3. The molecule has 0 N–H and O–H groups in total. The van der Waals surface area contributed by atoms with Crippen molar-refractivity contribution in [2.45, 2.75) is 290 Å². The molecule has 0 aromatic heterocycles. The van der Waals surface area contributed by atoms with Crippen LogP contribution >= 0.6 is 0 Å². The largest absolute Gasteiger partial charge is 0.462 e. The van der Waals surface area contributed by atoms with Crippen molar-refractivity contribution < 1.29 is 28.6 Å². The third-order valence-electron chi connectivity index (χ3n) is 13.4. The van der Waals surface area contributed by atoms with E-state index in [1.807, 2.05) is 0 Å². The van der Waals surface area contributed by atoms with E-state index >= 15 is 0 Å². The Morgan fingerprint density at radius 2 is 0.500 bits per heavy atom. The van der Waals surface area contributed by atoms with E-state index in [0.717, 1.165) is 148 Å². The van der Waals surface area contributed by atoms with E-state index < -0.39 is 6.10 Å². The van der Waals surface area contributed by atoms with Gasteiger partial charge in [-0.25, -0.2) is 0 Å². The van der Waals surface area contributed by atoms with Crippen LogP contribution in [0, 0.1) is 0 Å². The Bertz CT molecular complexity index is 1670. The molecule has 0 aliphatic carbocycles. The predicted molar refractivity (Wildman–Crippen MR) is 339 cm³/mol. The molecule has 0 spiro atoms. The van der Waals surface area contributed by atoms with Crippen LogP contribution in [-0.4, -0.2) is 37.2 Å². The van der Waals surface area contributed by atoms with Crippen LogP contribution in [0.1, 0.15) is 284 Å². The molecule has 1 atom stereocenters. The van der Waals surface area contributed by atoms with Crippen LogP contribution in [-0.2, 0) is 28.6 Å². The molecule has 442 valence electrons. The number of hydrogen-bond donors (Lipinski definition) is 0. The summed E-state index contributed by atoms with van der Waals surface area (Å²) in [5, 5.41) is 0. The molecule has 0 aliphatic heterocycles. The lowest BCUT2D eigenvalue weighted by molar-refractivity contribution is -0.167. The first kappa shape index (κ1) is 73.5. The Labute approximate surface area is 481 Å². The van der Waals surface area contributed by atoms with Crippen LogP contribution in [0.2, 0.25) is 0 Å². The standard InChI is InChI=1S/C72H118O6/c1-4-7-10-13-16-19-22-24-26-28-30-32-34-35-36-37-39-40-42-44-46-48-50-53-56-59-62-65-71(74)77-68-69(67-76-70(73)64-61-58-55-52-21-18-15-12-9-6-3)78-72(75)66-63-60-57-54-51-49-47-45-43-41-38-33-31-29-27-25-23-20-17-14-11-8-5-2/h7-8,10-11,16-17,19-20,24-27,30-33,35-36,39-40,44,46,69H,4-6,9,12-15,18,21-23,28-29,34,37-38,41-43,45,47-68H2,1-3H3/b10-7-,11-8-,19-16-,20-17-,26-24-,27-25-,32-30-,33-31-,36-35-,40-39-,46-44-. The summed E-state index contributed by atoms with van der Waals surface area (Å²) in [5.41, 5.74) is 0. The summed E-state index contributed by atoms with van der Waals surface area (Å²) >= 11 is 0. The maximum Gasteiger partial charge on any atom is 0.306 e. The van der Waals surface area contributed by atoms with Crippen LogP contribution in [0.15, 0.2) is 134 Å². The highest BCUT2D eigenvalue weighted by molar-refractivity contribution is 5.71. The Morgan fingerprint density at radius 3 is 0.782 bits per heavy atom. The molecule has 0 heterocycles. The molecule has 0 aliphatic rings. The van der Waals surface area contributed by atoms with Gasteiger partial charge in [0.25, 0.3) is 0 Å². The lowest BCUT2D eigenvalue weighted by Gasteiger charge is -2.18. The monoisotopic (exact) mass is 1080 g/mol. The van der Waals surface area contributed by atoms with Crippen LogP contribution in [0.4, 0.5) is 0 Å². The van der Waals surface area contributed by atoms with Gasteiger partial charge in [0.2, 0.25) is 0 Å². The van der Waals surface area contributed by atoms with E-state index in [2.05, 4.69) is 154 Å². The Morgan fingerprint density at radius 1 is 0.269 bits per heavy atom. The Balaban J connectivity index is 4.33. The number of rotatable bonds is 57. The van der Waals surface area contributed by atoms with Crippen LogP contribution in [0.3, 0.4) is 0 Å². The third kappa shape index (κ3) is 62.4. The third-order valence-corrected chi connectivity index (χ3v) is 13.4. The zero-order valence-electron chi connectivity index (χ0n) is 50.6. The average Bonchev–Trinajstić information content (AvgIpc) is 3.44. The normalized spacial score (nSPS) is 13.0. The molecule has 0 saturated carbocycles. The van der Waals surface area contributed by atoms with Gasteiger partial charge in [-0.2, -0.15) is 0 Å². The molecule has 0 radical (unpaired) electrons. The second kappa shape index (κ2) is 65.1. The lowest BCUT2D eigenvalue weighted by Crippen LogP contribution is -2.30. The summed E-state index contributed by atoms with van der Waals surface area (Å²) in [6.07, 6.45) is 91.7. The zero-order chi connectivity index (χ0) is 56.4. The Hall–Kier alpha value is -4.45. The first-order valence-electron chi connectivity index (χ1n) is 32.2. The molecule has 0 amide bonds. The van der Waals surface area contributed by atoms with E-state index in [9.17, 15) is 14.4 Å². The van der Waals surface area contributed by atoms with Gasteiger partial charge in [0.05, 0.1) is 0 Å². The number of carbonyl (C=O) groups is 3. The molecule has 0 rings (SSSR count). The predicted octanol–water partition coefficient (Wildman–Crippen LogP) is 22.2. The molecule has 0 aromatic rings. The molecule has 78 heavy (non-hydrogen) atoms. The van der Waals surface area contributed by atoms with E-state index in [-0.39, 0.29) is 31.1 Å². The van der Waals surface area contributed by atoms with Crippen molar-refractivity contribution in [1.82, 2.24) is 0 Å². The van der Waals surface area contributed by atoms with Crippen molar-refractivity contribution in [3.63, 3.8) is 0 Å². The molecular formula is C72H118O6. The first-order chi connectivity index (χ1) is 38.5. The Kier molecular flexibility index (Phi) is 61.4. The topological polar surface area (TPSA) is 78.9 Å². The fourth-order valence-corrected chi connectivity index (χ4v) is 8.65. The van der Waals surface area contributed by atoms with Gasteiger partial charge in [-0.05, 0) is 116 Å². The minimum Gasteiger partial charge on any atom is -0.462 e. The number of esters is 3. The van der Waals surface area contributed by atoms with Crippen molar-refractivity contribution in [3.05, 3.63) is 134 Å². The van der Waals surface area contributed by atoms with Crippen molar-refractivity contribution in [2.75, 3.05) is 13.2 Å². The van der Waals surface area contributed by atoms with Gasteiger partial charge >= 0.3 is 17.9 Å². The van der Waals surface area contributed by atoms with Crippen molar-refractivity contribution in [2.24, 2.45) is 0 Å². The van der Waals surface area contributed by atoms with E-state index in [4.69, 9.17) is 14.2 Å². The van der Waals surface area contributed by atoms with Crippen LogP contribution in [0.25, 0.3) is 0 Å². The van der Waals surface area contributed by atoms with E-state index in [1.165, 1.54) is 96.3 Å². The van der Waals surface area contributed by atoms with Crippen LogP contribution in [0.5, 0.6) is 0 Å². The molecule has 0 fully saturated rings. The second-order valence-corrected chi connectivity index (χ2v) is 20.9. The average molecular weight is 1080 g/mol. The van der Waals surface area contributed by atoms with Gasteiger partial charge in [0.1, 0.15) is 13.2 Å². The SMILES string of the molecule is CC/C=C\C/C=C\C/C=C\C/C=C\C/C=C\C/C=C\C/C=C\CCCCCCCC(=O)OCC(COC(=O)CCCCCCCCCCCC)OC(=O)CCCCCCCCCCCC/C=C\C/C=C\C/C=C\C/C=C\CC. The highest BCUT2D eigenvalue weighted by Gasteiger charge is 2.19. The number of carbonyl (C=O) groups excluding carboxylic acids is 3. The summed E-state index contributed by atoms with van der Waals surface area (Å²) < 4.78 is 16.9. The van der Waals surface area contributed by atoms with Crippen molar-refractivity contribution in [1.29, 1.82) is 0 Å². The van der Waals surface area contributed by atoms with Gasteiger partial charge in [-0.15, -0.1) is 0 Å². The second-order valence-electron chi connectivity index (χ2n) is 20.9. The first-order valence-corrected chi connectivity index (χ1v) is 32.2. The number of hydrogen-bond acceptors (Lipinski definition) is 6. The highest BCUT2D eigenvalue weighted by atomic mass is 16.6. The molecule has 1 unspecified atom stereocenters. The lowest BCUT2D eigenvalue weighted by atomic mass is 10.0. The van der Waals surface area contributed by atoms with Gasteiger partial charge in [-0.1, -0.05) is 283 Å². The number of unbranched alkanes of at least 4 members (excludes halogenated alkanes) is 24. The molecule has 0 aromatic carbocycles. The zero-order valence-corrected chi connectivity index (χ0v) is 50.6. The minimum atomic E-state index is -0.792. The fourth-order valence-electron chi connectivity index (χ4n) is 8.65. The highest BCUT2D eigenvalue weighted by Crippen LogP contribution is 2.15. The molecule has 6 nitrogen and oxygen atoms in total. The van der Waals surface area contributed by atoms with Gasteiger partial charge < -0.3 is 14.2 Å². The fraction of sp³-hybridized carbons (Fsp3) is 0.653. The summed E-state index contributed by atoms with van der Waals surface area (Å²) in [6, 6.07) is 0.